The Bertz CT molecular complexity index is 1040. The van der Waals surface area contributed by atoms with Gasteiger partial charge < -0.3 is 19.4 Å². The normalized spacial score (nSPS) is 10.7. The monoisotopic (exact) mass is 380 g/mol. The topological polar surface area (TPSA) is 69.6 Å². The summed E-state index contributed by atoms with van der Waals surface area (Å²) in [6, 6.07) is 13.0. The fourth-order valence-electron chi connectivity index (χ4n) is 3.28. The summed E-state index contributed by atoms with van der Waals surface area (Å²) in [5.74, 6) is 0.0619. The Morgan fingerprint density at radius 3 is 2.57 bits per heavy atom. The Morgan fingerprint density at radius 2 is 1.86 bits per heavy atom. The van der Waals surface area contributed by atoms with E-state index >= 15 is 0 Å². The van der Waals surface area contributed by atoms with Gasteiger partial charge >= 0.3 is 0 Å². The van der Waals surface area contributed by atoms with E-state index in [-0.39, 0.29) is 6.54 Å². The number of ether oxygens (including phenoxy) is 2. The van der Waals surface area contributed by atoms with Gasteiger partial charge in [0.05, 0.1) is 19.3 Å². The average molecular weight is 380 g/mol. The first-order valence-corrected chi connectivity index (χ1v) is 9.14. The van der Waals surface area contributed by atoms with Gasteiger partial charge in [-0.25, -0.2) is 0 Å². The van der Waals surface area contributed by atoms with Crippen LogP contribution >= 0.6 is 0 Å². The third kappa shape index (κ3) is 3.58. The number of fused-ring (bicyclic) bond motifs is 1. The molecule has 146 valence electrons. The number of nitrogens with zero attached hydrogens (tertiary/aromatic N) is 1. The van der Waals surface area contributed by atoms with E-state index in [1.807, 2.05) is 55.8 Å². The van der Waals surface area contributed by atoms with E-state index in [1.54, 1.807) is 19.2 Å². The zero-order chi connectivity index (χ0) is 20.3. The number of rotatable bonds is 7. The number of aryl methyl sites for hydroxylation is 1. The number of para-hydroxylation sites is 1. The van der Waals surface area contributed by atoms with Crippen LogP contribution in [0.4, 0.5) is 0 Å². The lowest BCUT2D eigenvalue weighted by atomic mass is 10.1. The molecule has 0 atom stereocenters. The van der Waals surface area contributed by atoms with Gasteiger partial charge in [0.15, 0.2) is 11.5 Å². The maximum absolute atomic E-state index is 12.8. The maximum Gasteiger partial charge on any atom is 0.292 e. The molecule has 0 fully saturated rings. The fourth-order valence-corrected chi connectivity index (χ4v) is 3.28. The molecule has 0 aliphatic carbocycles. The predicted molar refractivity (Wildman–Crippen MR) is 108 cm³/mol. The number of benzene rings is 2. The number of carbonyl (C=O) groups excluding carboxylic acids is 2. The van der Waals surface area contributed by atoms with Crippen LogP contribution in [0.3, 0.4) is 0 Å². The number of ketones is 1. The number of hydrogen-bond acceptors (Lipinski definition) is 4. The molecule has 0 radical (unpaired) electrons. The lowest BCUT2D eigenvalue weighted by Gasteiger charge is -2.11. The molecule has 1 heterocycles. The molecular weight excluding hydrogens is 356 g/mol. The van der Waals surface area contributed by atoms with Gasteiger partial charge in [-0.3, -0.25) is 9.59 Å². The minimum absolute atomic E-state index is 0.219. The molecule has 3 aromatic rings. The molecule has 0 saturated carbocycles. The third-order valence-electron chi connectivity index (χ3n) is 4.81. The Morgan fingerprint density at radius 1 is 1.11 bits per heavy atom. The number of Topliss-reactive ketones (excluding diaryl/α,β-unsaturated/α-hetero) is 1. The largest absolute Gasteiger partial charge is 0.493 e. The molecule has 3 rings (SSSR count). The Hall–Kier alpha value is -3.28. The number of amides is 1. The molecule has 0 saturated heterocycles. The van der Waals surface area contributed by atoms with Crippen molar-refractivity contribution in [3.05, 3.63) is 59.3 Å². The number of aromatic nitrogens is 1. The van der Waals surface area contributed by atoms with Gasteiger partial charge in [0, 0.05) is 30.2 Å². The summed E-state index contributed by atoms with van der Waals surface area (Å²) in [5.41, 5.74) is 2.95. The molecule has 1 N–H and O–H groups in total. The molecule has 6 nitrogen and oxygen atoms in total. The van der Waals surface area contributed by atoms with Gasteiger partial charge in [-0.1, -0.05) is 24.3 Å². The molecule has 0 unspecified atom stereocenters. The van der Waals surface area contributed by atoms with Gasteiger partial charge in [-0.05, 0) is 37.6 Å². The molecule has 2 aromatic carbocycles. The second kappa shape index (κ2) is 8.17. The zero-order valence-electron chi connectivity index (χ0n) is 16.5. The molecule has 0 spiro atoms. The predicted octanol–water partition coefficient (Wildman–Crippen LogP) is 3.39. The minimum atomic E-state index is -0.632. The van der Waals surface area contributed by atoms with Crippen molar-refractivity contribution in [3.63, 3.8) is 0 Å². The van der Waals surface area contributed by atoms with Crippen LogP contribution in [0.2, 0.25) is 0 Å². The lowest BCUT2D eigenvalue weighted by molar-refractivity contribution is -0.117. The van der Waals surface area contributed by atoms with Crippen LogP contribution in [0.5, 0.6) is 11.5 Å². The van der Waals surface area contributed by atoms with Crippen molar-refractivity contribution >= 4 is 22.6 Å². The summed E-state index contributed by atoms with van der Waals surface area (Å²) >= 11 is 0. The van der Waals surface area contributed by atoms with Crippen LogP contribution < -0.4 is 14.8 Å². The number of hydrogen-bond donors (Lipinski definition) is 1. The van der Waals surface area contributed by atoms with Gasteiger partial charge in [0.1, 0.15) is 0 Å². The molecule has 1 aromatic heterocycles. The highest BCUT2D eigenvalue weighted by atomic mass is 16.5. The molecule has 0 aliphatic rings. The molecule has 6 heteroatoms. The molecule has 1 amide bonds. The van der Waals surface area contributed by atoms with Crippen LogP contribution in [-0.4, -0.2) is 30.0 Å². The van der Waals surface area contributed by atoms with E-state index in [1.165, 1.54) is 0 Å². The smallest absolute Gasteiger partial charge is 0.292 e. The molecule has 0 aliphatic heterocycles. The zero-order valence-corrected chi connectivity index (χ0v) is 16.5. The van der Waals surface area contributed by atoms with Crippen molar-refractivity contribution < 1.29 is 19.1 Å². The first kappa shape index (κ1) is 19.5. The van der Waals surface area contributed by atoms with Crippen molar-refractivity contribution in [1.29, 1.82) is 0 Å². The van der Waals surface area contributed by atoms with Crippen molar-refractivity contribution in [1.82, 2.24) is 9.88 Å². The summed E-state index contributed by atoms with van der Waals surface area (Å²) in [6.07, 6.45) is 0. The average Bonchev–Trinajstić information content (AvgIpc) is 2.97. The highest BCUT2D eigenvalue weighted by Gasteiger charge is 2.23. The minimum Gasteiger partial charge on any atom is -0.493 e. The van der Waals surface area contributed by atoms with Crippen LogP contribution in [0.1, 0.15) is 28.5 Å². The standard InChI is InChI=1S/C22H24N2O4/c1-5-28-18-11-10-15(12-19(18)27-4)13-23-22(26)21(25)20-14(2)24(3)17-9-7-6-8-16(17)20/h6-12H,5,13H2,1-4H3,(H,23,26). The van der Waals surface area contributed by atoms with Crippen LogP contribution in [0.25, 0.3) is 10.9 Å². The second-order valence-electron chi connectivity index (χ2n) is 6.47. The van der Waals surface area contributed by atoms with E-state index in [9.17, 15) is 9.59 Å². The highest BCUT2D eigenvalue weighted by Crippen LogP contribution is 2.28. The third-order valence-corrected chi connectivity index (χ3v) is 4.81. The summed E-state index contributed by atoms with van der Waals surface area (Å²) in [7, 11) is 3.45. The van der Waals surface area contributed by atoms with Crippen molar-refractivity contribution in [3.8, 4) is 11.5 Å². The summed E-state index contributed by atoms with van der Waals surface area (Å²) in [4.78, 5) is 25.3. The lowest BCUT2D eigenvalue weighted by Crippen LogP contribution is -2.31. The molecule has 0 bridgehead atoms. The van der Waals surface area contributed by atoms with Gasteiger partial charge in [-0.15, -0.1) is 0 Å². The quantitative estimate of drug-likeness (QED) is 0.504. The van der Waals surface area contributed by atoms with E-state index in [0.29, 0.717) is 23.7 Å². The van der Waals surface area contributed by atoms with Crippen molar-refractivity contribution in [2.24, 2.45) is 7.05 Å². The second-order valence-corrected chi connectivity index (χ2v) is 6.47. The Kier molecular flexibility index (Phi) is 5.68. The number of carbonyl (C=O) groups is 2. The number of nitrogens with one attached hydrogen (secondary N) is 1. The van der Waals surface area contributed by atoms with Gasteiger partial charge in [0.2, 0.25) is 0 Å². The van der Waals surface area contributed by atoms with E-state index in [4.69, 9.17) is 9.47 Å². The SMILES string of the molecule is CCOc1ccc(CNC(=O)C(=O)c2c(C)n(C)c3ccccc23)cc1OC. The molecular formula is C22H24N2O4. The van der Waals surface area contributed by atoms with Crippen LogP contribution in [0.15, 0.2) is 42.5 Å². The fraction of sp³-hybridized carbons (Fsp3) is 0.273. The highest BCUT2D eigenvalue weighted by molar-refractivity contribution is 6.45. The van der Waals surface area contributed by atoms with Crippen LogP contribution in [-0.2, 0) is 18.4 Å². The maximum atomic E-state index is 12.8. The van der Waals surface area contributed by atoms with E-state index in [0.717, 1.165) is 22.2 Å². The van der Waals surface area contributed by atoms with Crippen molar-refractivity contribution in [2.75, 3.05) is 13.7 Å². The summed E-state index contributed by atoms with van der Waals surface area (Å²) in [6.45, 7) is 4.49. The van der Waals surface area contributed by atoms with E-state index in [2.05, 4.69) is 5.32 Å². The molecule has 28 heavy (non-hydrogen) atoms. The van der Waals surface area contributed by atoms with Gasteiger partial charge in [-0.2, -0.15) is 0 Å². The van der Waals surface area contributed by atoms with E-state index < -0.39 is 11.7 Å². The Labute approximate surface area is 164 Å². The Balaban J connectivity index is 1.77. The van der Waals surface area contributed by atoms with Crippen LogP contribution in [0, 0.1) is 6.92 Å². The summed E-state index contributed by atoms with van der Waals surface area (Å²) in [5, 5.41) is 3.49. The first-order valence-electron chi connectivity index (χ1n) is 9.14. The first-order chi connectivity index (χ1) is 13.5. The van der Waals surface area contributed by atoms with Gasteiger partial charge in [0.25, 0.3) is 11.7 Å². The summed E-state index contributed by atoms with van der Waals surface area (Å²) < 4.78 is 12.7. The van der Waals surface area contributed by atoms with Crippen molar-refractivity contribution in [2.45, 2.75) is 20.4 Å². The number of methoxy groups -OCH3 is 1.